The Kier molecular flexibility index (Phi) is 7.80. The van der Waals surface area contributed by atoms with Gasteiger partial charge < -0.3 is 16.4 Å². The van der Waals surface area contributed by atoms with E-state index in [1.54, 1.807) is 0 Å². The smallest absolute Gasteiger partial charge is 0.238 e. The minimum atomic E-state index is -0.553. The molecular formula is C21H34N4O2. The summed E-state index contributed by atoms with van der Waals surface area (Å²) in [5.41, 5.74) is 7.70. The molecule has 1 saturated heterocycles. The van der Waals surface area contributed by atoms with Crippen LogP contribution in [0.25, 0.3) is 0 Å². The molecular weight excluding hydrogens is 340 g/mol. The molecule has 0 spiro atoms. The molecule has 1 aromatic rings. The van der Waals surface area contributed by atoms with Crippen LogP contribution in [0.1, 0.15) is 51.5 Å². The topological polar surface area (TPSA) is 87.5 Å². The molecule has 27 heavy (non-hydrogen) atoms. The predicted molar refractivity (Wildman–Crippen MR) is 111 cm³/mol. The van der Waals surface area contributed by atoms with Crippen molar-refractivity contribution in [3.63, 3.8) is 0 Å². The number of aryl methyl sites for hydroxylation is 1. The third-order valence-electron chi connectivity index (χ3n) is 5.81. The molecule has 1 aliphatic rings. The molecule has 0 atom stereocenters. The second-order valence-electron chi connectivity index (χ2n) is 7.56. The fourth-order valence-corrected chi connectivity index (χ4v) is 3.56. The quantitative estimate of drug-likeness (QED) is 0.652. The number of benzene rings is 1. The molecule has 6 heteroatoms. The van der Waals surface area contributed by atoms with E-state index in [0.29, 0.717) is 31.6 Å². The number of nitrogens with one attached hydrogen (secondary N) is 2. The van der Waals surface area contributed by atoms with Crippen LogP contribution in [-0.2, 0) is 9.59 Å². The molecule has 4 N–H and O–H groups in total. The second kappa shape index (κ2) is 9.85. The summed E-state index contributed by atoms with van der Waals surface area (Å²) in [6.45, 7) is 8.61. The highest BCUT2D eigenvalue weighted by Crippen LogP contribution is 2.28. The number of hydrogen-bond donors (Lipinski definition) is 3. The first-order chi connectivity index (χ1) is 12.9. The van der Waals surface area contributed by atoms with Crippen LogP contribution < -0.4 is 16.4 Å². The molecule has 0 aliphatic carbocycles. The lowest BCUT2D eigenvalue weighted by Crippen LogP contribution is -2.41. The van der Waals surface area contributed by atoms with Crippen molar-refractivity contribution in [2.24, 2.45) is 11.1 Å². The summed E-state index contributed by atoms with van der Waals surface area (Å²) in [6.07, 6.45) is 4.95. The third-order valence-corrected chi connectivity index (χ3v) is 5.81. The van der Waals surface area contributed by atoms with Gasteiger partial charge in [0.15, 0.2) is 0 Å². The third kappa shape index (κ3) is 5.53. The van der Waals surface area contributed by atoms with Gasteiger partial charge in [-0.05, 0) is 63.4 Å². The monoisotopic (exact) mass is 374 g/mol. The first kappa shape index (κ1) is 21.4. The molecule has 0 aromatic heterocycles. The highest BCUT2D eigenvalue weighted by atomic mass is 16.2. The zero-order valence-corrected chi connectivity index (χ0v) is 16.9. The van der Waals surface area contributed by atoms with E-state index < -0.39 is 5.41 Å². The minimum absolute atomic E-state index is 0.0121. The summed E-state index contributed by atoms with van der Waals surface area (Å²) in [6, 6.07) is 5.60. The van der Waals surface area contributed by atoms with Crippen LogP contribution in [0.15, 0.2) is 18.2 Å². The first-order valence-electron chi connectivity index (χ1n) is 10.1. The Morgan fingerprint density at radius 2 is 1.78 bits per heavy atom. The van der Waals surface area contributed by atoms with Crippen LogP contribution in [0, 0.1) is 12.3 Å². The normalized spacial score (nSPS) is 15.4. The molecule has 0 bridgehead atoms. The van der Waals surface area contributed by atoms with Crippen molar-refractivity contribution >= 4 is 23.2 Å². The lowest BCUT2D eigenvalue weighted by Gasteiger charge is -2.28. The Labute approximate surface area is 162 Å². The zero-order valence-electron chi connectivity index (χ0n) is 16.9. The van der Waals surface area contributed by atoms with E-state index in [1.807, 2.05) is 39.0 Å². The van der Waals surface area contributed by atoms with Gasteiger partial charge in [-0.2, -0.15) is 0 Å². The molecule has 2 amide bonds. The summed E-state index contributed by atoms with van der Waals surface area (Å²) in [7, 11) is 0. The number of rotatable bonds is 8. The van der Waals surface area contributed by atoms with Crippen LogP contribution >= 0.6 is 0 Å². The van der Waals surface area contributed by atoms with Gasteiger partial charge in [-0.15, -0.1) is 0 Å². The van der Waals surface area contributed by atoms with E-state index in [4.69, 9.17) is 5.73 Å². The fraction of sp³-hybridized carbons (Fsp3) is 0.619. The molecule has 6 nitrogen and oxygen atoms in total. The summed E-state index contributed by atoms with van der Waals surface area (Å²) >= 11 is 0. The number of nitrogens with two attached hydrogens (primary N) is 1. The average Bonchev–Trinajstić information content (AvgIpc) is 2.67. The van der Waals surface area contributed by atoms with Crippen LogP contribution in [0.5, 0.6) is 0 Å². The fourth-order valence-electron chi connectivity index (χ4n) is 3.56. The predicted octanol–water partition coefficient (Wildman–Crippen LogP) is 3.12. The standard InChI is InChI=1S/C21H34N4O2/c1-4-21(5-2,15-22)20(27)23-17-10-9-16(3)18(13-17)24-19(26)14-25-11-7-6-8-12-25/h9-10,13H,4-8,11-12,14-15,22H2,1-3H3,(H,23,27)(H,24,26). The van der Waals surface area contributed by atoms with Gasteiger partial charge in [-0.25, -0.2) is 0 Å². The molecule has 1 aliphatic heterocycles. The summed E-state index contributed by atoms with van der Waals surface area (Å²) in [4.78, 5) is 27.3. The van der Waals surface area contributed by atoms with Gasteiger partial charge in [0.1, 0.15) is 0 Å². The van der Waals surface area contributed by atoms with Gasteiger partial charge in [-0.1, -0.05) is 26.3 Å². The van der Waals surface area contributed by atoms with Crippen molar-refractivity contribution < 1.29 is 9.59 Å². The average molecular weight is 375 g/mol. The molecule has 150 valence electrons. The molecule has 0 unspecified atom stereocenters. The van der Waals surface area contributed by atoms with E-state index in [2.05, 4.69) is 15.5 Å². The van der Waals surface area contributed by atoms with E-state index in [9.17, 15) is 9.59 Å². The van der Waals surface area contributed by atoms with Gasteiger partial charge >= 0.3 is 0 Å². The maximum atomic E-state index is 12.7. The van der Waals surface area contributed by atoms with E-state index >= 15 is 0 Å². The van der Waals surface area contributed by atoms with Gasteiger partial charge in [0.2, 0.25) is 11.8 Å². The van der Waals surface area contributed by atoms with Gasteiger partial charge in [0, 0.05) is 17.9 Å². The Hall–Kier alpha value is -1.92. The molecule has 2 rings (SSSR count). The van der Waals surface area contributed by atoms with Gasteiger partial charge in [0.25, 0.3) is 0 Å². The van der Waals surface area contributed by atoms with Gasteiger partial charge in [0.05, 0.1) is 12.0 Å². The number of likely N-dealkylation sites (tertiary alicyclic amines) is 1. The SMILES string of the molecule is CCC(CC)(CN)C(=O)Nc1ccc(C)c(NC(=O)CN2CCCCC2)c1. The summed E-state index contributed by atoms with van der Waals surface area (Å²) < 4.78 is 0. The number of nitrogens with zero attached hydrogens (tertiary/aromatic N) is 1. The zero-order chi connectivity index (χ0) is 19.9. The van der Waals surface area contributed by atoms with Crippen LogP contribution in [0.2, 0.25) is 0 Å². The van der Waals surface area contributed by atoms with E-state index in [1.165, 1.54) is 6.42 Å². The Bertz CT molecular complexity index is 641. The number of piperidine rings is 1. The molecule has 1 fully saturated rings. The maximum absolute atomic E-state index is 12.7. The lowest BCUT2D eigenvalue weighted by molar-refractivity contribution is -0.125. The van der Waals surface area contributed by atoms with Crippen molar-refractivity contribution in [2.45, 2.75) is 52.9 Å². The summed E-state index contributed by atoms with van der Waals surface area (Å²) in [5, 5.41) is 5.97. The Morgan fingerprint density at radius 1 is 1.11 bits per heavy atom. The number of carbonyl (C=O) groups is 2. The van der Waals surface area contributed by atoms with E-state index in [0.717, 1.165) is 37.2 Å². The Balaban J connectivity index is 2.04. The van der Waals surface area contributed by atoms with Crippen molar-refractivity contribution in [2.75, 3.05) is 36.8 Å². The van der Waals surface area contributed by atoms with Gasteiger partial charge in [-0.3, -0.25) is 14.5 Å². The van der Waals surface area contributed by atoms with Crippen LogP contribution in [-0.4, -0.2) is 42.9 Å². The number of hydrogen-bond acceptors (Lipinski definition) is 4. The maximum Gasteiger partial charge on any atom is 0.238 e. The van der Waals surface area contributed by atoms with Crippen molar-refractivity contribution in [3.05, 3.63) is 23.8 Å². The molecule has 1 aromatic carbocycles. The largest absolute Gasteiger partial charge is 0.329 e. The van der Waals surface area contributed by atoms with Crippen molar-refractivity contribution in [3.8, 4) is 0 Å². The number of carbonyl (C=O) groups excluding carboxylic acids is 2. The molecule has 1 heterocycles. The Morgan fingerprint density at radius 3 is 2.37 bits per heavy atom. The number of amides is 2. The minimum Gasteiger partial charge on any atom is -0.329 e. The van der Waals surface area contributed by atoms with Crippen molar-refractivity contribution in [1.29, 1.82) is 0 Å². The summed E-state index contributed by atoms with van der Waals surface area (Å²) in [5.74, 6) is -0.0775. The molecule has 0 radical (unpaired) electrons. The van der Waals surface area contributed by atoms with Crippen LogP contribution in [0.4, 0.5) is 11.4 Å². The number of anilines is 2. The lowest BCUT2D eigenvalue weighted by atomic mass is 9.81. The highest BCUT2D eigenvalue weighted by molar-refractivity contribution is 5.97. The first-order valence-corrected chi connectivity index (χ1v) is 10.1. The van der Waals surface area contributed by atoms with E-state index in [-0.39, 0.29) is 11.8 Å². The van der Waals surface area contributed by atoms with Crippen LogP contribution in [0.3, 0.4) is 0 Å². The molecule has 0 saturated carbocycles. The highest BCUT2D eigenvalue weighted by Gasteiger charge is 2.33. The second-order valence-corrected chi connectivity index (χ2v) is 7.56. The van der Waals surface area contributed by atoms with Crippen molar-refractivity contribution in [1.82, 2.24) is 4.90 Å².